The fraction of sp³-hybridized carbons (Fsp3) is 0. The first-order valence-corrected chi connectivity index (χ1v) is 0. The minimum absolute atomic E-state index is 0. The van der Waals surface area contributed by atoms with Crippen molar-refractivity contribution in [3.63, 3.8) is 0 Å². The second kappa shape index (κ2) is 36.9. The number of rotatable bonds is 0. The Morgan fingerprint density at radius 3 is 0.600 bits per heavy atom. The van der Waals surface area contributed by atoms with Crippen LogP contribution in [0.15, 0.2) is 0 Å². The van der Waals surface area contributed by atoms with Gasteiger partial charge in [0.25, 0.3) is 0 Å². The van der Waals surface area contributed by atoms with Crippen molar-refractivity contribution < 1.29 is 50.9 Å². The summed E-state index contributed by atoms with van der Waals surface area (Å²) in [4.78, 5) is 0. The van der Waals surface area contributed by atoms with Gasteiger partial charge in [-0.1, -0.05) is 0 Å². The molecule has 0 unspecified atom stereocenters. The normalized spacial score (nSPS) is 0. The number of hydrogen-bond donors (Lipinski definition) is 1. The van der Waals surface area contributed by atoms with Crippen LogP contribution in [0.25, 0.3) is 0 Å². The van der Waals surface area contributed by atoms with Gasteiger partial charge in [0, 0.05) is 0 Å². The van der Waals surface area contributed by atoms with Gasteiger partial charge in [-0.05, 0) is 0 Å². The molecule has 0 saturated heterocycles. The summed E-state index contributed by atoms with van der Waals surface area (Å²) < 4.78 is 0. The molecule has 0 aliphatic carbocycles. The van der Waals surface area contributed by atoms with Crippen LogP contribution in [0.2, 0.25) is 0 Å². The van der Waals surface area contributed by atoms with Gasteiger partial charge in [-0.15, -0.1) is 0 Å². The first-order valence-electron chi connectivity index (χ1n) is 0. The predicted octanol–water partition coefficient (Wildman–Crippen LogP) is -9.21. The molecule has 0 radical (unpaired) electrons. The average Bonchev–Trinajstić information content (AvgIpc) is 0. The maximum atomic E-state index is 0. The first kappa shape index (κ1) is 61.8. The molecule has 0 aliphatic heterocycles. The zero-order chi connectivity index (χ0) is 0. The molecule has 3 N–H and O–H groups in total. The molecule has 0 fully saturated rings. The van der Waals surface area contributed by atoms with E-state index in [4.69, 9.17) is 0 Å². The monoisotopic (exact) mass is 323 g/mol. The maximum Gasteiger partial charge on any atom is 3.00 e. The molecule has 0 aromatic rings. The van der Waals surface area contributed by atoms with E-state index in [0.717, 1.165) is 0 Å². The molecule has 0 aromatic carbocycles. The van der Waals surface area contributed by atoms with E-state index in [0.29, 0.717) is 0 Å². The molecule has 5 heteroatoms. The van der Waals surface area contributed by atoms with Crippen molar-refractivity contribution in [1.29, 1.82) is 0 Å². The molecule has 0 aromatic heterocycles. The fourth-order valence-electron chi connectivity index (χ4n) is 0. The van der Waals surface area contributed by atoms with Crippen molar-refractivity contribution in [1.82, 2.24) is 6.15 Å². The summed E-state index contributed by atoms with van der Waals surface area (Å²) in [5.74, 6) is 0. The van der Waals surface area contributed by atoms with E-state index in [-0.39, 0.29) is 76.9 Å². The van der Waals surface area contributed by atoms with E-state index in [2.05, 4.69) is 0 Å². The van der Waals surface area contributed by atoms with Crippen LogP contribution in [0.3, 0.4) is 0 Å². The van der Waals surface area contributed by atoms with Gasteiger partial charge in [0.1, 0.15) is 0 Å². The SMILES string of the molecule is N.[Br-].[Br-].[Br-].[Ga+3]. The van der Waals surface area contributed by atoms with Crippen LogP contribution in [-0.4, -0.2) is 19.8 Å². The summed E-state index contributed by atoms with van der Waals surface area (Å²) in [7, 11) is 0. The summed E-state index contributed by atoms with van der Waals surface area (Å²) in [6, 6.07) is 0. The molecule has 1 nitrogen and oxygen atoms in total. The molecular formula is H3Br3GaN. The molecule has 32 valence electrons. The standard InChI is InChI=1S/3BrH.Ga.H3N/h3*1H;;1H3/q;;;+3;/p-3. The van der Waals surface area contributed by atoms with Gasteiger partial charge in [-0.25, -0.2) is 0 Å². The van der Waals surface area contributed by atoms with Crippen molar-refractivity contribution in [3.05, 3.63) is 0 Å². The topological polar surface area (TPSA) is 35.0 Å². The molecule has 0 rings (SSSR count). The largest absolute Gasteiger partial charge is 3.00 e. The zero-order valence-corrected chi connectivity index (χ0v) is 9.60. The average molecular weight is 326 g/mol. The van der Waals surface area contributed by atoms with Gasteiger partial charge in [0.05, 0.1) is 0 Å². The Morgan fingerprint density at radius 1 is 0.600 bits per heavy atom. The molecule has 0 amide bonds. The van der Waals surface area contributed by atoms with E-state index < -0.39 is 0 Å². The summed E-state index contributed by atoms with van der Waals surface area (Å²) in [5, 5.41) is 0. The second-order valence-corrected chi connectivity index (χ2v) is 0. The third kappa shape index (κ3) is 23.7. The molecule has 0 aliphatic rings. The smallest absolute Gasteiger partial charge is 1.00 e. The van der Waals surface area contributed by atoms with Crippen molar-refractivity contribution in [2.45, 2.75) is 0 Å². The van der Waals surface area contributed by atoms with Crippen molar-refractivity contribution in [2.75, 3.05) is 0 Å². The molecule has 0 saturated carbocycles. The number of hydrogen-bond acceptors (Lipinski definition) is 1. The predicted molar refractivity (Wildman–Crippen MR) is 10.8 cm³/mol. The Labute approximate surface area is 76.2 Å². The van der Waals surface area contributed by atoms with E-state index in [1.54, 1.807) is 0 Å². The van der Waals surface area contributed by atoms with Crippen LogP contribution in [0.4, 0.5) is 0 Å². The Morgan fingerprint density at radius 2 is 0.600 bits per heavy atom. The maximum absolute atomic E-state index is 0. The van der Waals surface area contributed by atoms with Crippen LogP contribution < -0.4 is 57.1 Å². The van der Waals surface area contributed by atoms with Gasteiger partial charge in [-0.2, -0.15) is 0 Å². The molecule has 0 heterocycles. The molecule has 0 bridgehead atoms. The van der Waals surface area contributed by atoms with Crippen molar-refractivity contribution in [3.8, 4) is 0 Å². The summed E-state index contributed by atoms with van der Waals surface area (Å²) >= 11 is 0. The second-order valence-electron chi connectivity index (χ2n) is 0. The van der Waals surface area contributed by atoms with E-state index in [1.165, 1.54) is 0 Å². The first-order chi connectivity index (χ1) is 0. The fourth-order valence-corrected chi connectivity index (χ4v) is 0. The molecule has 0 spiro atoms. The van der Waals surface area contributed by atoms with Gasteiger partial charge in [0.2, 0.25) is 0 Å². The molecular weight excluding hydrogens is 323 g/mol. The van der Waals surface area contributed by atoms with Gasteiger partial charge < -0.3 is 57.1 Å². The van der Waals surface area contributed by atoms with Crippen LogP contribution in [0.1, 0.15) is 0 Å². The summed E-state index contributed by atoms with van der Waals surface area (Å²) in [6.45, 7) is 0. The quantitative estimate of drug-likeness (QED) is 0.441. The van der Waals surface area contributed by atoms with E-state index >= 15 is 0 Å². The Balaban J connectivity index is 0. The third-order valence-corrected chi connectivity index (χ3v) is 0. The Kier molecular flexibility index (Phi) is 457. The van der Waals surface area contributed by atoms with Gasteiger partial charge >= 0.3 is 19.8 Å². The van der Waals surface area contributed by atoms with E-state index in [9.17, 15) is 0 Å². The van der Waals surface area contributed by atoms with Crippen LogP contribution >= 0.6 is 0 Å². The van der Waals surface area contributed by atoms with Crippen LogP contribution in [0, 0.1) is 0 Å². The molecule has 0 atom stereocenters. The Hall–Kier alpha value is 2.04. The third-order valence-electron chi connectivity index (χ3n) is 0. The summed E-state index contributed by atoms with van der Waals surface area (Å²) in [6.07, 6.45) is 0. The zero-order valence-electron chi connectivity index (χ0n) is 2.42. The van der Waals surface area contributed by atoms with Crippen LogP contribution in [-0.2, 0) is 0 Å². The minimum atomic E-state index is 0. The van der Waals surface area contributed by atoms with E-state index in [1.807, 2.05) is 0 Å². The van der Waals surface area contributed by atoms with Crippen molar-refractivity contribution in [2.24, 2.45) is 0 Å². The van der Waals surface area contributed by atoms with Crippen LogP contribution in [0.5, 0.6) is 0 Å². The van der Waals surface area contributed by atoms with Crippen molar-refractivity contribution >= 4 is 19.8 Å². The van der Waals surface area contributed by atoms with Gasteiger partial charge in [-0.3, -0.25) is 0 Å². The molecule has 5 heavy (non-hydrogen) atoms. The van der Waals surface area contributed by atoms with Gasteiger partial charge in [0.15, 0.2) is 0 Å². The minimum Gasteiger partial charge on any atom is -1.00 e. The Bertz CT molecular complexity index is 6.85. The summed E-state index contributed by atoms with van der Waals surface area (Å²) in [5.41, 5.74) is 0. The number of halogens is 3.